The van der Waals surface area contributed by atoms with E-state index in [-0.39, 0.29) is 0 Å². The molecule has 94 valence electrons. The van der Waals surface area contributed by atoms with E-state index in [9.17, 15) is 5.11 Å². The van der Waals surface area contributed by atoms with Crippen molar-refractivity contribution in [2.75, 3.05) is 5.32 Å². The molecule has 2 N–H and O–H groups in total. The van der Waals surface area contributed by atoms with Crippen LogP contribution in [0.15, 0.2) is 24.3 Å². The predicted molar refractivity (Wildman–Crippen MR) is 76.9 cm³/mol. The highest BCUT2D eigenvalue weighted by Crippen LogP contribution is 2.41. The SMILES string of the molecule is Cc1ccc(NC2CCc3sc(Cl)cc32)cc1O. The van der Waals surface area contributed by atoms with Crippen LogP contribution in [0, 0.1) is 6.92 Å². The Kier molecular flexibility index (Phi) is 2.96. The molecule has 0 saturated carbocycles. The van der Waals surface area contributed by atoms with E-state index in [2.05, 4.69) is 11.4 Å². The quantitative estimate of drug-likeness (QED) is 0.847. The number of fused-ring (bicyclic) bond motifs is 1. The Labute approximate surface area is 115 Å². The third-order valence-electron chi connectivity index (χ3n) is 3.40. The van der Waals surface area contributed by atoms with Crippen molar-refractivity contribution in [2.45, 2.75) is 25.8 Å². The molecule has 0 bridgehead atoms. The van der Waals surface area contributed by atoms with Crippen molar-refractivity contribution >= 4 is 28.6 Å². The van der Waals surface area contributed by atoms with Crippen molar-refractivity contribution in [3.05, 3.63) is 44.6 Å². The lowest BCUT2D eigenvalue weighted by molar-refractivity contribution is 0.471. The highest BCUT2D eigenvalue weighted by atomic mass is 35.5. The summed E-state index contributed by atoms with van der Waals surface area (Å²) in [5.41, 5.74) is 3.16. The summed E-state index contributed by atoms with van der Waals surface area (Å²) in [5.74, 6) is 0.335. The fraction of sp³-hybridized carbons (Fsp3) is 0.286. The number of anilines is 1. The van der Waals surface area contributed by atoms with Crippen molar-refractivity contribution in [3.63, 3.8) is 0 Å². The molecule has 1 atom stereocenters. The van der Waals surface area contributed by atoms with Gasteiger partial charge in [-0.25, -0.2) is 0 Å². The molecule has 1 aliphatic carbocycles. The number of phenols is 1. The number of phenolic OH excluding ortho intramolecular Hbond substituents is 1. The molecule has 0 fully saturated rings. The molecule has 3 rings (SSSR count). The number of nitrogens with one attached hydrogen (secondary N) is 1. The Hall–Kier alpha value is -1.19. The molecule has 0 aliphatic heterocycles. The summed E-state index contributed by atoms with van der Waals surface area (Å²) in [6, 6.07) is 8.07. The molecule has 0 spiro atoms. The topological polar surface area (TPSA) is 32.3 Å². The van der Waals surface area contributed by atoms with Crippen molar-refractivity contribution < 1.29 is 5.11 Å². The minimum Gasteiger partial charge on any atom is -0.508 e. The number of aryl methyl sites for hydroxylation is 2. The first-order valence-corrected chi connectivity index (χ1v) is 7.17. The summed E-state index contributed by atoms with van der Waals surface area (Å²) in [4.78, 5) is 1.38. The van der Waals surface area contributed by atoms with Crippen LogP contribution in [0.2, 0.25) is 4.34 Å². The van der Waals surface area contributed by atoms with Crippen molar-refractivity contribution in [3.8, 4) is 5.75 Å². The monoisotopic (exact) mass is 279 g/mol. The smallest absolute Gasteiger partial charge is 0.120 e. The number of benzene rings is 1. The molecule has 18 heavy (non-hydrogen) atoms. The average molecular weight is 280 g/mol. The second kappa shape index (κ2) is 4.48. The Balaban J connectivity index is 1.83. The lowest BCUT2D eigenvalue weighted by atomic mass is 10.1. The molecule has 0 saturated heterocycles. The van der Waals surface area contributed by atoms with Crippen molar-refractivity contribution in [2.24, 2.45) is 0 Å². The maximum absolute atomic E-state index is 9.71. The van der Waals surface area contributed by atoms with Gasteiger partial charge in [-0.2, -0.15) is 0 Å². The van der Waals surface area contributed by atoms with Gasteiger partial charge in [0.25, 0.3) is 0 Å². The Morgan fingerprint density at radius 3 is 3.00 bits per heavy atom. The van der Waals surface area contributed by atoms with E-state index in [0.29, 0.717) is 11.8 Å². The highest BCUT2D eigenvalue weighted by Gasteiger charge is 2.24. The zero-order valence-electron chi connectivity index (χ0n) is 10.0. The molecule has 1 aromatic heterocycles. The Morgan fingerprint density at radius 1 is 1.39 bits per heavy atom. The van der Waals surface area contributed by atoms with Gasteiger partial charge in [-0.3, -0.25) is 0 Å². The molecular formula is C14H14ClNOS. The van der Waals surface area contributed by atoms with E-state index in [0.717, 1.165) is 28.4 Å². The molecule has 1 aromatic carbocycles. The molecule has 2 aromatic rings. The largest absolute Gasteiger partial charge is 0.508 e. The van der Waals surface area contributed by atoms with Gasteiger partial charge in [0.05, 0.1) is 10.4 Å². The fourth-order valence-corrected chi connectivity index (χ4v) is 3.74. The maximum Gasteiger partial charge on any atom is 0.120 e. The van der Waals surface area contributed by atoms with E-state index in [1.807, 2.05) is 19.1 Å². The number of aromatic hydroxyl groups is 1. The minimum atomic E-state index is 0.311. The van der Waals surface area contributed by atoms with E-state index < -0.39 is 0 Å². The highest BCUT2D eigenvalue weighted by molar-refractivity contribution is 7.16. The molecular weight excluding hydrogens is 266 g/mol. The van der Waals surface area contributed by atoms with Crippen LogP contribution in [0.25, 0.3) is 0 Å². The van der Waals surface area contributed by atoms with E-state index >= 15 is 0 Å². The molecule has 1 heterocycles. The number of thiophene rings is 1. The van der Waals surface area contributed by atoms with Gasteiger partial charge >= 0.3 is 0 Å². The van der Waals surface area contributed by atoms with Gasteiger partial charge in [-0.1, -0.05) is 17.7 Å². The Morgan fingerprint density at radius 2 is 2.22 bits per heavy atom. The Bertz CT molecular complexity index is 593. The average Bonchev–Trinajstić information content (AvgIpc) is 2.85. The van der Waals surface area contributed by atoms with Crippen LogP contribution in [-0.2, 0) is 6.42 Å². The zero-order valence-corrected chi connectivity index (χ0v) is 11.6. The zero-order chi connectivity index (χ0) is 12.7. The number of rotatable bonds is 2. The van der Waals surface area contributed by atoms with Crippen LogP contribution in [0.1, 0.15) is 28.5 Å². The summed E-state index contributed by atoms with van der Waals surface area (Å²) in [7, 11) is 0. The summed E-state index contributed by atoms with van der Waals surface area (Å²) in [5, 5.41) is 13.2. The fourth-order valence-electron chi connectivity index (χ4n) is 2.38. The van der Waals surface area contributed by atoms with E-state index in [1.165, 1.54) is 10.4 Å². The summed E-state index contributed by atoms with van der Waals surface area (Å²) in [6.07, 6.45) is 2.18. The van der Waals surface area contributed by atoms with Crippen LogP contribution < -0.4 is 5.32 Å². The summed E-state index contributed by atoms with van der Waals surface area (Å²) >= 11 is 7.72. The predicted octanol–water partition coefficient (Wildman–Crippen LogP) is 4.51. The lowest BCUT2D eigenvalue weighted by Gasteiger charge is -2.15. The first kappa shape index (κ1) is 11.9. The van der Waals surface area contributed by atoms with Crippen LogP contribution in [0.5, 0.6) is 5.75 Å². The van der Waals surface area contributed by atoms with Gasteiger partial charge in [-0.15, -0.1) is 11.3 Å². The second-order valence-electron chi connectivity index (χ2n) is 4.67. The number of hydrogen-bond donors (Lipinski definition) is 2. The van der Waals surface area contributed by atoms with Gasteiger partial charge in [0.1, 0.15) is 5.75 Å². The molecule has 1 aliphatic rings. The van der Waals surface area contributed by atoms with E-state index in [4.69, 9.17) is 11.6 Å². The maximum atomic E-state index is 9.71. The molecule has 0 radical (unpaired) electrons. The van der Waals surface area contributed by atoms with Crippen molar-refractivity contribution in [1.29, 1.82) is 0 Å². The van der Waals surface area contributed by atoms with Gasteiger partial charge in [0.2, 0.25) is 0 Å². The molecule has 4 heteroatoms. The van der Waals surface area contributed by atoms with Crippen LogP contribution >= 0.6 is 22.9 Å². The lowest BCUT2D eigenvalue weighted by Crippen LogP contribution is -2.06. The summed E-state index contributed by atoms with van der Waals surface area (Å²) < 4.78 is 0.859. The summed E-state index contributed by atoms with van der Waals surface area (Å²) in [6.45, 7) is 1.89. The molecule has 1 unspecified atom stereocenters. The van der Waals surface area contributed by atoms with Crippen molar-refractivity contribution in [1.82, 2.24) is 0 Å². The third kappa shape index (κ3) is 2.08. The van der Waals surface area contributed by atoms with Gasteiger partial charge in [-0.05, 0) is 43.0 Å². The number of halogens is 1. The second-order valence-corrected chi connectivity index (χ2v) is 6.43. The molecule has 2 nitrogen and oxygen atoms in total. The van der Waals surface area contributed by atoms with Crippen LogP contribution in [0.3, 0.4) is 0 Å². The van der Waals surface area contributed by atoms with Gasteiger partial charge in [0.15, 0.2) is 0 Å². The van der Waals surface area contributed by atoms with Gasteiger partial charge < -0.3 is 10.4 Å². The third-order valence-corrected chi connectivity index (χ3v) is 4.74. The van der Waals surface area contributed by atoms with Crippen LogP contribution in [-0.4, -0.2) is 5.11 Å². The first-order chi connectivity index (χ1) is 8.63. The normalized spacial score (nSPS) is 17.8. The first-order valence-electron chi connectivity index (χ1n) is 5.98. The van der Waals surface area contributed by atoms with Gasteiger partial charge in [0, 0.05) is 16.6 Å². The molecule has 0 amide bonds. The number of hydrogen-bond acceptors (Lipinski definition) is 3. The van der Waals surface area contributed by atoms with Crippen LogP contribution in [0.4, 0.5) is 5.69 Å². The van der Waals surface area contributed by atoms with E-state index in [1.54, 1.807) is 17.4 Å². The minimum absolute atomic E-state index is 0.311. The standard InChI is InChI=1S/C14H14ClNOS/c1-8-2-3-9(6-12(8)17)16-11-4-5-13-10(11)7-14(15)18-13/h2-3,6-7,11,16-17H,4-5H2,1H3.